The SMILES string of the molecule is CC1(C)c2ccccc2N(C2N(O)C(C)(C)C(C)(C)N2O)c2ccccc21. The van der Waals surface area contributed by atoms with Gasteiger partial charge in [-0.3, -0.25) is 0 Å². The van der Waals surface area contributed by atoms with Crippen molar-refractivity contribution in [2.24, 2.45) is 0 Å². The molecule has 2 heterocycles. The molecule has 2 aliphatic heterocycles. The molecule has 0 amide bonds. The van der Waals surface area contributed by atoms with Crippen LogP contribution in [0.3, 0.4) is 0 Å². The Morgan fingerprint density at radius 2 is 1.04 bits per heavy atom. The predicted octanol–water partition coefficient (Wildman–Crippen LogP) is 4.70. The zero-order chi connectivity index (χ0) is 19.8. The summed E-state index contributed by atoms with van der Waals surface area (Å²) in [5.41, 5.74) is 2.87. The number of rotatable bonds is 1. The molecular formula is C22H29N3O2. The van der Waals surface area contributed by atoms with Gasteiger partial charge in [0.05, 0.1) is 11.1 Å². The van der Waals surface area contributed by atoms with E-state index in [2.05, 4.69) is 38.1 Å². The largest absolute Gasteiger partial charge is 0.310 e. The van der Waals surface area contributed by atoms with Gasteiger partial charge in [-0.2, -0.15) is 0 Å². The lowest BCUT2D eigenvalue weighted by molar-refractivity contribution is -0.216. The van der Waals surface area contributed by atoms with E-state index in [1.54, 1.807) is 0 Å². The number of nitrogens with zero attached hydrogens (tertiary/aromatic N) is 3. The van der Waals surface area contributed by atoms with Gasteiger partial charge in [-0.25, -0.2) is 0 Å². The molecule has 1 saturated heterocycles. The van der Waals surface area contributed by atoms with E-state index in [0.717, 1.165) is 11.4 Å². The van der Waals surface area contributed by atoms with Crippen molar-refractivity contribution in [1.29, 1.82) is 0 Å². The fraction of sp³-hybridized carbons (Fsp3) is 0.455. The fourth-order valence-corrected chi connectivity index (χ4v) is 4.41. The van der Waals surface area contributed by atoms with Gasteiger partial charge in [-0.1, -0.05) is 50.2 Å². The van der Waals surface area contributed by atoms with E-state index in [4.69, 9.17) is 0 Å². The van der Waals surface area contributed by atoms with Crippen LogP contribution in [0.4, 0.5) is 11.4 Å². The van der Waals surface area contributed by atoms with Crippen LogP contribution in [0, 0.1) is 0 Å². The van der Waals surface area contributed by atoms with Crippen molar-refractivity contribution in [3.63, 3.8) is 0 Å². The zero-order valence-electron chi connectivity index (χ0n) is 16.9. The maximum Gasteiger partial charge on any atom is 0.189 e. The minimum absolute atomic E-state index is 0.173. The van der Waals surface area contributed by atoms with Gasteiger partial charge in [0.15, 0.2) is 6.29 Å². The molecule has 2 N–H and O–H groups in total. The van der Waals surface area contributed by atoms with E-state index < -0.39 is 17.4 Å². The summed E-state index contributed by atoms with van der Waals surface area (Å²) in [7, 11) is 0. The molecular weight excluding hydrogens is 338 g/mol. The Labute approximate surface area is 161 Å². The van der Waals surface area contributed by atoms with Crippen molar-refractivity contribution in [2.75, 3.05) is 4.90 Å². The lowest BCUT2D eigenvalue weighted by Crippen LogP contribution is -2.53. The number of fused-ring (bicyclic) bond motifs is 2. The zero-order valence-corrected chi connectivity index (χ0v) is 16.9. The number of hydrogen-bond acceptors (Lipinski definition) is 5. The Kier molecular flexibility index (Phi) is 3.79. The monoisotopic (exact) mass is 367 g/mol. The summed E-state index contributed by atoms with van der Waals surface area (Å²) in [6.45, 7) is 12.2. The standard InChI is InChI=1S/C22H29N3O2/c1-20(2)15-11-7-9-13-17(15)23(18-14-10-8-12-16(18)20)19-24(26)21(3,4)22(5,6)25(19)27/h7-14,19,26-27H,1-6H3. The van der Waals surface area contributed by atoms with Crippen molar-refractivity contribution in [1.82, 2.24) is 10.1 Å². The van der Waals surface area contributed by atoms with Crippen LogP contribution in [0.1, 0.15) is 52.7 Å². The summed E-state index contributed by atoms with van der Waals surface area (Å²) in [4.78, 5) is 2.05. The highest BCUT2D eigenvalue weighted by Crippen LogP contribution is 2.53. The lowest BCUT2D eigenvalue weighted by atomic mass is 9.73. The molecule has 2 aliphatic rings. The van der Waals surface area contributed by atoms with Crippen LogP contribution >= 0.6 is 0 Å². The van der Waals surface area contributed by atoms with E-state index in [1.165, 1.54) is 21.3 Å². The highest BCUT2D eigenvalue weighted by atomic mass is 16.6. The minimum atomic E-state index is -0.728. The Morgan fingerprint density at radius 3 is 1.44 bits per heavy atom. The summed E-state index contributed by atoms with van der Waals surface area (Å²) in [5.74, 6) is 0. The lowest BCUT2D eigenvalue weighted by Gasteiger charge is -2.46. The molecule has 4 rings (SSSR count). The molecule has 0 aliphatic carbocycles. The van der Waals surface area contributed by atoms with Crippen molar-refractivity contribution in [3.8, 4) is 0 Å². The van der Waals surface area contributed by atoms with Gasteiger partial charge in [-0.15, -0.1) is 10.1 Å². The summed E-state index contributed by atoms with van der Waals surface area (Å²) in [6, 6.07) is 16.5. The van der Waals surface area contributed by atoms with Crippen LogP contribution in [0.25, 0.3) is 0 Å². The molecule has 5 nitrogen and oxygen atoms in total. The third-order valence-electron chi connectivity index (χ3n) is 6.99. The van der Waals surface area contributed by atoms with Crippen LogP contribution in [-0.2, 0) is 5.41 Å². The minimum Gasteiger partial charge on any atom is -0.310 e. The molecule has 2 aromatic rings. The van der Waals surface area contributed by atoms with Crippen molar-refractivity contribution >= 4 is 11.4 Å². The highest BCUT2D eigenvalue weighted by Gasteiger charge is 2.60. The van der Waals surface area contributed by atoms with E-state index >= 15 is 0 Å². The highest BCUT2D eigenvalue weighted by molar-refractivity contribution is 5.78. The maximum atomic E-state index is 11.1. The summed E-state index contributed by atoms with van der Waals surface area (Å²) in [6.07, 6.45) is -0.728. The number of hydrogen-bond donors (Lipinski definition) is 2. The number of para-hydroxylation sites is 2. The van der Waals surface area contributed by atoms with Crippen LogP contribution in [-0.4, -0.2) is 37.9 Å². The molecule has 0 saturated carbocycles. The molecule has 5 heteroatoms. The van der Waals surface area contributed by atoms with Gasteiger partial charge >= 0.3 is 0 Å². The predicted molar refractivity (Wildman–Crippen MR) is 106 cm³/mol. The van der Waals surface area contributed by atoms with Gasteiger partial charge in [-0.05, 0) is 51.0 Å². The Balaban J connectivity index is 1.98. The topological polar surface area (TPSA) is 50.2 Å². The third kappa shape index (κ3) is 2.20. The molecule has 0 bridgehead atoms. The van der Waals surface area contributed by atoms with Crippen molar-refractivity contribution in [3.05, 3.63) is 59.7 Å². The molecule has 0 unspecified atom stereocenters. The van der Waals surface area contributed by atoms with Crippen molar-refractivity contribution < 1.29 is 10.4 Å². The first-order valence-electron chi connectivity index (χ1n) is 9.47. The van der Waals surface area contributed by atoms with Gasteiger partial charge in [0, 0.05) is 16.8 Å². The van der Waals surface area contributed by atoms with Gasteiger partial charge in [0.2, 0.25) is 0 Å². The van der Waals surface area contributed by atoms with Crippen LogP contribution in [0.5, 0.6) is 0 Å². The first kappa shape index (κ1) is 18.4. The van der Waals surface area contributed by atoms with E-state index in [-0.39, 0.29) is 5.41 Å². The Morgan fingerprint density at radius 1 is 0.667 bits per heavy atom. The molecule has 0 aromatic heterocycles. The van der Waals surface area contributed by atoms with E-state index in [1.807, 2.05) is 56.9 Å². The van der Waals surface area contributed by atoms with Gasteiger partial charge in [0.1, 0.15) is 0 Å². The molecule has 0 atom stereocenters. The molecule has 1 fully saturated rings. The number of anilines is 2. The van der Waals surface area contributed by atoms with Crippen LogP contribution in [0.15, 0.2) is 48.5 Å². The first-order chi connectivity index (χ1) is 12.5. The van der Waals surface area contributed by atoms with Gasteiger partial charge in [0.25, 0.3) is 0 Å². The molecule has 27 heavy (non-hydrogen) atoms. The smallest absolute Gasteiger partial charge is 0.189 e. The summed E-state index contributed by atoms with van der Waals surface area (Å²) >= 11 is 0. The second kappa shape index (κ2) is 5.55. The average molecular weight is 367 g/mol. The quantitative estimate of drug-likeness (QED) is 0.765. The molecule has 144 valence electrons. The van der Waals surface area contributed by atoms with E-state index in [9.17, 15) is 10.4 Å². The molecule has 0 spiro atoms. The normalized spacial score (nSPS) is 23.9. The Bertz CT molecular complexity index is 821. The second-order valence-corrected chi connectivity index (χ2v) is 9.18. The number of hydroxylamine groups is 4. The summed E-state index contributed by atoms with van der Waals surface area (Å²) in [5, 5.41) is 24.8. The molecule has 2 aromatic carbocycles. The first-order valence-corrected chi connectivity index (χ1v) is 9.47. The van der Waals surface area contributed by atoms with Crippen LogP contribution in [0.2, 0.25) is 0 Å². The van der Waals surface area contributed by atoms with Crippen LogP contribution < -0.4 is 4.90 Å². The Hall–Kier alpha value is -1.92. The number of benzene rings is 2. The van der Waals surface area contributed by atoms with Crippen molar-refractivity contribution in [2.45, 2.75) is 64.3 Å². The fourth-order valence-electron chi connectivity index (χ4n) is 4.41. The second-order valence-electron chi connectivity index (χ2n) is 9.18. The molecule has 0 radical (unpaired) electrons. The van der Waals surface area contributed by atoms with E-state index in [0.29, 0.717) is 0 Å². The maximum absolute atomic E-state index is 11.1. The summed E-state index contributed by atoms with van der Waals surface area (Å²) < 4.78 is 0. The van der Waals surface area contributed by atoms with Gasteiger partial charge < -0.3 is 15.3 Å². The average Bonchev–Trinajstić information content (AvgIpc) is 2.74. The third-order valence-corrected chi connectivity index (χ3v) is 6.99.